The van der Waals surface area contributed by atoms with E-state index in [2.05, 4.69) is 10.3 Å². The fraction of sp³-hybridized carbons (Fsp3) is 0.357. The van der Waals surface area contributed by atoms with Gasteiger partial charge in [-0.15, -0.1) is 0 Å². The SMILES string of the molecule is Cc1[nH]c2ccccc2c1C(=O)NC(C)(C)C. The van der Waals surface area contributed by atoms with E-state index in [-0.39, 0.29) is 11.4 Å². The van der Waals surface area contributed by atoms with Crippen LogP contribution in [0.5, 0.6) is 0 Å². The van der Waals surface area contributed by atoms with Crippen LogP contribution >= 0.6 is 0 Å². The maximum Gasteiger partial charge on any atom is 0.254 e. The summed E-state index contributed by atoms with van der Waals surface area (Å²) in [5.74, 6) is -0.0209. The Morgan fingerprint density at radius 3 is 2.53 bits per heavy atom. The Morgan fingerprint density at radius 2 is 1.88 bits per heavy atom. The highest BCUT2D eigenvalue weighted by molar-refractivity contribution is 6.08. The van der Waals surface area contributed by atoms with Crippen LogP contribution in [-0.4, -0.2) is 16.4 Å². The van der Waals surface area contributed by atoms with Gasteiger partial charge < -0.3 is 10.3 Å². The second-order valence-corrected chi connectivity index (χ2v) is 5.37. The molecular formula is C14H18N2O. The largest absolute Gasteiger partial charge is 0.358 e. The van der Waals surface area contributed by atoms with Crippen molar-refractivity contribution >= 4 is 16.8 Å². The molecule has 1 aromatic carbocycles. The molecule has 0 fully saturated rings. The molecule has 1 amide bonds. The average molecular weight is 230 g/mol. The van der Waals surface area contributed by atoms with Crippen molar-refractivity contribution in [2.45, 2.75) is 33.2 Å². The Bertz CT molecular complexity index is 561. The Kier molecular flexibility index (Phi) is 2.69. The van der Waals surface area contributed by atoms with Gasteiger partial charge in [0.25, 0.3) is 5.91 Å². The zero-order chi connectivity index (χ0) is 12.6. The molecule has 0 radical (unpaired) electrons. The number of amides is 1. The van der Waals surface area contributed by atoms with Crippen LogP contribution in [0.2, 0.25) is 0 Å². The molecule has 0 aliphatic carbocycles. The number of rotatable bonds is 1. The highest BCUT2D eigenvalue weighted by Gasteiger charge is 2.20. The number of aromatic amines is 1. The van der Waals surface area contributed by atoms with Gasteiger partial charge in [0.05, 0.1) is 5.56 Å². The van der Waals surface area contributed by atoms with Gasteiger partial charge in [0.1, 0.15) is 0 Å². The normalized spacial score (nSPS) is 11.8. The van der Waals surface area contributed by atoms with Gasteiger partial charge in [0, 0.05) is 22.1 Å². The Morgan fingerprint density at radius 1 is 1.24 bits per heavy atom. The van der Waals surface area contributed by atoms with Crippen molar-refractivity contribution in [1.29, 1.82) is 0 Å². The molecule has 2 aromatic rings. The molecule has 3 nitrogen and oxygen atoms in total. The molecule has 0 spiro atoms. The van der Waals surface area contributed by atoms with Gasteiger partial charge >= 0.3 is 0 Å². The van der Waals surface area contributed by atoms with Crippen molar-refractivity contribution in [1.82, 2.24) is 10.3 Å². The first kappa shape index (κ1) is 11.7. The van der Waals surface area contributed by atoms with Crippen LogP contribution in [0.25, 0.3) is 10.9 Å². The van der Waals surface area contributed by atoms with Gasteiger partial charge in [0.15, 0.2) is 0 Å². The van der Waals surface area contributed by atoms with E-state index in [1.165, 1.54) is 0 Å². The molecule has 2 N–H and O–H groups in total. The van der Waals surface area contributed by atoms with Gasteiger partial charge in [-0.3, -0.25) is 4.79 Å². The minimum atomic E-state index is -0.220. The number of nitrogens with one attached hydrogen (secondary N) is 2. The van der Waals surface area contributed by atoms with E-state index in [1.54, 1.807) is 0 Å². The molecule has 1 heterocycles. The van der Waals surface area contributed by atoms with Crippen molar-refractivity contribution in [2.24, 2.45) is 0 Å². The van der Waals surface area contributed by atoms with Gasteiger partial charge in [-0.25, -0.2) is 0 Å². The Labute approximate surface area is 101 Å². The summed E-state index contributed by atoms with van der Waals surface area (Å²) in [7, 11) is 0. The maximum atomic E-state index is 12.2. The van der Waals surface area contributed by atoms with Crippen LogP contribution in [-0.2, 0) is 0 Å². The number of carbonyl (C=O) groups is 1. The van der Waals surface area contributed by atoms with E-state index in [1.807, 2.05) is 52.0 Å². The number of hydrogen-bond donors (Lipinski definition) is 2. The summed E-state index contributed by atoms with van der Waals surface area (Å²) >= 11 is 0. The topological polar surface area (TPSA) is 44.9 Å². The second kappa shape index (κ2) is 3.91. The fourth-order valence-electron chi connectivity index (χ4n) is 1.97. The number of hydrogen-bond acceptors (Lipinski definition) is 1. The predicted octanol–water partition coefficient (Wildman–Crippen LogP) is 3.00. The highest BCUT2D eigenvalue weighted by atomic mass is 16.1. The van der Waals surface area contributed by atoms with E-state index < -0.39 is 0 Å². The van der Waals surface area contributed by atoms with Crippen molar-refractivity contribution in [3.63, 3.8) is 0 Å². The van der Waals surface area contributed by atoms with Crippen molar-refractivity contribution < 1.29 is 4.79 Å². The third-order valence-electron chi connectivity index (χ3n) is 2.61. The van der Waals surface area contributed by atoms with E-state index in [9.17, 15) is 4.79 Å². The second-order valence-electron chi connectivity index (χ2n) is 5.37. The lowest BCUT2D eigenvalue weighted by atomic mass is 10.1. The lowest BCUT2D eigenvalue weighted by Gasteiger charge is -2.20. The van der Waals surface area contributed by atoms with Crippen LogP contribution < -0.4 is 5.32 Å². The van der Waals surface area contributed by atoms with Gasteiger partial charge in [-0.2, -0.15) is 0 Å². The van der Waals surface area contributed by atoms with Crippen molar-refractivity contribution in [3.8, 4) is 0 Å². The first-order valence-corrected chi connectivity index (χ1v) is 5.78. The lowest BCUT2D eigenvalue weighted by Crippen LogP contribution is -2.40. The van der Waals surface area contributed by atoms with Crippen LogP contribution in [0.3, 0.4) is 0 Å². The third kappa shape index (κ3) is 2.33. The van der Waals surface area contributed by atoms with Crippen molar-refractivity contribution in [3.05, 3.63) is 35.5 Å². The van der Waals surface area contributed by atoms with E-state index in [4.69, 9.17) is 0 Å². The summed E-state index contributed by atoms with van der Waals surface area (Å²) in [5.41, 5.74) is 2.44. The molecule has 0 saturated heterocycles. The standard InChI is InChI=1S/C14H18N2O/c1-9-12(13(17)16-14(2,3)4)10-7-5-6-8-11(10)15-9/h5-8,15H,1-4H3,(H,16,17). The first-order valence-electron chi connectivity index (χ1n) is 5.78. The number of para-hydroxylation sites is 1. The minimum absolute atomic E-state index is 0.0209. The molecule has 0 atom stereocenters. The zero-order valence-corrected chi connectivity index (χ0v) is 10.7. The average Bonchev–Trinajstić information content (AvgIpc) is 2.50. The minimum Gasteiger partial charge on any atom is -0.358 e. The Balaban J connectivity index is 2.48. The molecule has 1 aromatic heterocycles. The number of aromatic nitrogens is 1. The summed E-state index contributed by atoms with van der Waals surface area (Å²) in [6.45, 7) is 7.87. The number of carbonyl (C=O) groups excluding carboxylic acids is 1. The molecule has 0 unspecified atom stereocenters. The Hall–Kier alpha value is -1.77. The molecular weight excluding hydrogens is 212 g/mol. The van der Waals surface area contributed by atoms with Crippen LogP contribution in [0, 0.1) is 6.92 Å². The lowest BCUT2D eigenvalue weighted by molar-refractivity contribution is 0.0920. The molecule has 0 bridgehead atoms. The van der Waals surface area contributed by atoms with E-state index in [0.29, 0.717) is 0 Å². The molecule has 0 aliphatic rings. The number of fused-ring (bicyclic) bond motifs is 1. The maximum absolute atomic E-state index is 12.2. The number of aryl methyl sites for hydroxylation is 1. The fourth-order valence-corrected chi connectivity index (χ4v) is 1.97. The molecule has 2 rings (SSSR count). The van der Waals surface area contributed by atoms with Gasteiger partial charge in [-0.05, 0) is 33.8 Å². The summed E-state index contributed by atoms with van der Waals surface area (Å²) < 4.78 is 0. The summed E-state index contributed by atoms with van der Waals surface area (Å²) in [4.78, 5) is 15.5. The quantitative estimate of drug-likeness (QED) is 0.777. The van der Waals surface area contributed by atoms with Crippen LogP contribution in [0.15, 0.2) is 24.3 Å². The first-order chi connectivity index (χ1) is 7.88. The van der Waals surface area contributed by atoms with Gasteiger partial charge in [0.2, 0.25) is 0 Å². The van der Waals surface area contributed by atoms with E-state index >= 15 is 0 Å². The zero-order valence-electron chi connectivity index (χ0n) is 10.7. The van der Waals surface area contributed by atoms with Crippen LogP contribution in [0.4, 0.5) is 0 Å². The van der Waals surface area contributed by atoms with Gasteiger partial charge in [-0.1, -0.05) is 18.2 Å². The summed E-state index contributed by atoms with van der Waals surface area (Å²) in [6, 6.07) is 7.86. The smallest absolute Gasteiger partial charge is 0.254 e. The van der Waals surface area contributed by atoms with E-state index in [0.717, 1.165) is 22.2 Å². The highest BCUT2D eigenvalue weighted by Crippen LogP contribution is 2.22. The van der Waals surface area contributed by atoms with Crippen LogP contribution in [0.1, 0.15) is 36.8 Å². The molecule has 17 heavy (non-hydrogen) atoms. The molecule has 90 valence electrons. The number of benzene rings is 1. The molecule has 3 heteroatoms. The summed E-state index contributed by atoms with van der Waals surface area (Å²) in [6.07, 6.45) is 0. The molecule has 0 saturated carbocycles. The summed E-state index contributed by atoms with van der Waals surface area (Å²) in [5, 5.41) is 3.97. The monoisotopic (exact) mass is 230 g/mol. The predicted molar refractivity (Wildman–Crippen MR) is 70.3 cm³/mol. The molecule has 0 aliphatic heterocycles. The third-order valence-corrected chi connectivity index (χ3v) is 2.61. The number of H-pyrrole nitrogens is 1. The van der Waals surface area contributed by atoms with Crippen molar-refractivity contribution in [2.75, 3.05) is 0 Å².